The van der Waals surface area contributed by atoms with Gasteiger partial charge in [-0.2, -0.15) is 0 Å². The van der Waals surface area contributed by atoms with Crippen LogP contribution in [0.5, 0.6) is 11.5 Å². The van der Waals surface area contributed by atoms with Crippen molar-refractivity contribution in [2.24, 2.45) is 0 Å². The molecular weight excluding hydrogens is 366 g/mol. The van der Waals surface area contributed by atoms with Crippen LogP contribution < -0.4 is 14.4 Å². The molecule has 0 saturated heterocycles. The highest BCUT2D eigenvalue weighted by molar-refractivity contribution is 7.94. The summed E-state index contributed by atoms with van der Waals surface area (Å²) < 4.78 is 34.7. The largest absolute Gasteiger partial charge is 0.497 e. The number of para-hydroxylation sites is 1. The van der Waals surface area contributed by atoms with Gasteiger partial charge in [0.05, 0.1) is 18.9 Å². The summed E-state index contributed by atoms with van der Waals surface area (Å²) in [5.41, 5.74) is 0.580. The minimum absolute atomic E-state index is 0.150. The van der Waals surface area contributed by atoms with Gasteiger partial charge in [0.25, 0.3) is 5.91 Å². The fourth-order valence-corrected chi connectivity index (χ4v) is 4.16. The normalized spacial score (nSPS) is 18.7. The summed E-state index contributed by atoms with van der Waals surface area (Å²) in [6.45, 7) is 1.65. The van der Waals surface area contributed by atoms with Crippen molar-refractivity contribution in [2.45, 2.75) is 19.1 Å². The van der Waals surface area contributed by atoms with E-state index >= 15 is 0 Å². The summed E-state index contributed by atoms with van der Waals surface area (Å²) in [7, 11) is -1.76. The van der Waals surface area contributed by atoms with Crippen molar-refractivity contribution in [2.75, 3.05) is 17.8 Å². The summed E-state index contributed by atoms with van der Waals surface area (Å²) in [6.07, 6.45) is 0.749. The van der Waals surface area contributed by atoms with Gasteiger partial charge in [0.1, 0.15) is 11.5 Å². The van der Waals surface area contributed by atoms with Gasteiger partial charge in [-0.3, -0.25) is 4.79 Å². The fraction of sp³-hybridized carbons (Fsp3) is 0.250. The van der Waals surface area contributed by atoms with Crippen molar-refractivity contribution >= 4 is 21.4 Å². The van der Waals surface area contributed by atoms with Crippen LogP contribution in [0.15, 0.2) is 66.1 Å². The maximum absolute atomic E-state index is 13.1. The Labute approximate surface area is 158 Å². The Bertz CT molecular complexity index is 923. The van der Waals surface area contributed by atoms with Crippen LogP contribution >= 0.6 is 0 Å². The molecule has 1 aliphatic heterocycles. The Morgan fingerprint density at radius 2 is 1.74 bits per heavy atom. The van der Waals surface area contributed by atoms with Gasteiger partial charge < -0.3 is 14.4 Å². The molecule has 7 heteroatoms. The molecule has 0 unspecified atom stereocenters. The zero-order chi connectivity index (χ0) is 19.4. The Morgan fingerprint density at radius 1 is 1.07 bits per heavy atom. The number of anilines is 1. The monoisotopic (exact) mass is 387 g/mol. The highest BCUT2D eigenvalue weighted by atomic mass is 32.2. The predicted octanol–water partition coefficient (Wildman–Crippen LogP) is 2.81. The second-order valence-electron chi connectivity index (χ2n) is 6.20. The lowest BCUT2D eigenvalue weighted by Gasteiger charge is -2.30. The zero-order valence-electron chi connectivity index (χ0n) is 15.1. The molecule has 0 aliphatic carbocycles. The van der Waals surface area contributed by atoms with Crippen molar-refractivity contribution in [1.29, 1.82) is 0 Å². The number of hydrogen-bond donors (Lipinski definition) is 0. The van der Waals surface area contributed by atoms with Gasteiger partial charge in [-0.05, 0) is 49.4 Å². The van der Waals surface area contributed by atoms with Gasteiger partial charge in [0.2, 0.25) is 0 Å². The van der Waals surface area contributed by atoms with Crippen molar-refractivity contribution in [3.63, 3.8) is 0 Å². The van der Waals surface area contributed by atoms with Gasteiger partial charge in [0.15, 0.2) is 15.9 Å². The van der Waals surface area contributed by atoms with E-state index in [2.05, 4.69) is 0 Å². The Kier molecular flexibility index (Phi) is 5.51. The molecule has 6 nitrogen and oxygen atoms in total. The number of rotatable bonds is 6. The minimum atomic E-state index is -3.32. The van der Waals surface area contributed by atoms with E-state index in [1.807, 2.05) is 18.2 Å². The molecule has 1 amide bonds. The van der Waals surface area contributed by atoms with Crippen LogP contribution in [0.25, 0.3) is 0 Å². The van der Waals surface area contributed by atoms with Crippen LogP contribution in [0.3, 0.4) is 0 Å². The molecule has 142 valence electrons. The molecule has 0 radical (unpaired) electrons. The SMILES string of the molecule is COc1ccc(N(C(=O)[C@@H](C)Oc2ccccc2)[C@@H]2C=CS(=O)(=O)C2)cc1. The summed E-state index contributed by atoms with van der Waals surface area (Å²) in [4.78, 5) is 14.6. The Hall–Kier alpha value is -2.80. The zero-order valence-corrected chi connectivity index (χ0v) is 15.9. The number of benzene rings is 2. The van der Waals surface area contributed by atoms with Crippen molar-refractivity contribution in [3.8, 4) is 11.5 Å². The number of hydrogen-bond acceptors (Lipinski definition) is 5. The first-order valence-electron chi connectivity index (χ1n) is 8.49. The molecule has 0 N–H and O–H groups in total. The number of sulfone groups is 1. The van der Waals surface area contributed by atoms with Gasteiger partial charge >= 0.3 is 0 Å². The number of carbonyl (C=O) groups is 1. The molecule has 1 aliphatic rings. The third kappa shape index (κ3) is 4.49. The molecule has 2 atom stereocenters. The van der Waals surface area contributed by atoms with E-state index in [1.165, 1.54) is 11.0 Å². The Balaban J connectivity index is 1.88. The van der Waals surface area contributed by atoms with Gasteiger partial charge in [-0.1, -0.05) is 18.2 Å². The van der Waals surface area contributed by atoms with E-state index in [4.69, 9.17) is 9.47 Å². The third-order valence-corrected chi connectivity index (χ3v) is 5.61. The first kappa shape index (κ1) is 19.0. The van der Waals surface area contributed by atoms with Crippen LogP contribution in [0, 0.1) is 0 Å². The fourth-order valence-electron chi connectivity index (χ4n) is 2.89. The highest BCUT2D eigenvalue weighted by Gasteiger charge is 2.34. The molecule has 0 saturated carbocycles. The summed E-state index contributed by atoms with van der Waals surface area (Å²) in [5, 5.41) is 1.16. The van der Waals surface area contributed by atoms with Gasteiger partial charge in [0, 0.05) is 11.1 Å². The molecule has 0 bridgehead atoms. The predicted molar refractivity (Wildman–Crippen MR) is 104 cm³/mol. The lowest BCUT2D eigenvalue weighted by molar-refractivity contribution is -0.124. The molecule has 0 spiro atoms. The first-order chi connectivity index (χ1) is 12.9. The molecular formula is C20H21NO5S. The van der Waals surface area contributed by atoms with E-state index < -0.39 is 22.0 Å². The number of nitrogens with zero attached hydrogens (tertiary/aromatic N) is 1. The van der Waals surface area contributed by atoms with Crippen LogP contribution in [-0.2, 0) is 14.6 Å². The lowest BCUT2D eigenvalue weighted by Crippen LogP contribution is -2.47. The van der Waals surface area contributed by atoms with Crippen LogP contribution in [0.1, 0.15) is 6.92 Å². The smallest absolute Gasteiger partial charge is 0.268 e. The quantitative estimate of drug-likeness (QED) is 0.762. The average Bonchev–Trinajstić information content (AvgIpc) is 3.02. The van der Waals surface area contributed by atoms with Gasteiger partial charge in [-0.25, -0.2) is 8.42 Å². The summed E-state index contributed by atoms with van der Waals surface area (Å²) in [5.74, 6) is 0.746. The number of ether oxygens (including phenoxy) is 2. The van der Waals surface area contributed by atoms with E-state index in [-0.39, 0.29) is 11.7 Å². The van der Waals surface area contributed by atoms with Crippen molar-refractivity contribution < 1.29 is 22.7 Å². The van der Waals surface area contributed by atoms with Gasteiger partial charge in [-0.15, -0.1) is 0 Å². The third-order valence-electron chi connectivity index (χ3n) is 4.23. The second kappa shape index (κ2) is 7.84. The standard InChI is InChI=1S/C20H21NO5S/c1-15(26-19-6-4-3-5-7-19)20(22)21(17-12-13-27(23,24)14-17)16-8-10-18(25-2)11-9-16/h3-13,15,17H,14H2,1-2H3/t15-,17-/m1/s1. The van der Waals surface area contributed by atoms with Crippen LogP contribution in [0.4, 0.5) is 5.69 Å². The molecule has 2 aromatic rings. The molecule has 1 heterocycles. The molecule has 0 fully saturated rings. The summed E-state index contributed by atoms with van der Waals surface area (Å²) in [6, 6.07) is 15.4. The maximum atomic E-state index is 13.1. The number of methoxy groups -OCH3 is 1. The van der Waals surface area contributed by atoms with E-state index in [9.17, 15) is 13.2 Å². The minimum Gasteiger partial charge on any atom is -0.497 e. The Morgan fingerprint density at radius 3 is 2.30 bits per heavy atom. The maximum Gasteiger partial charge on any atom is 0.268 e. The van der Waals surface area contributed by atoms with Crippen molar-refractivity contribution in [1.82, 2.24) is 0 Å². The first-order valence-corrected chi connectivity index (χ1v) is 10.2. The van der Waals surface area contributed by atoms with E-state index in [0.29, 0.717) is 17.2 Å². The lowest BCUT2D eigenvalue weighted by atomic mass is 10.1. The van der Waals surface area contributed by atoms with Crippen LogP contribution in [-0.4, -0.2) is 39.3 Å². The summed E-state index contributed by atoms with van der Waals surface area (Å²) >= 11 is 0. The molecule has 27 heavy (non-hydrogen) atoms. The van der Waals surface area contributed by atoms with Crippen LogP contribution in [0.2, 0.25) is 0 Å². The molecule has 2 aromatic carbocycles. The van der Waals surface area contributed by atoms with E-state index in [1.54, 1.807) is 50.4 Å². The molecule has 0 aromatic heterocycles. The average molecular weight is 387 g/mol. The number of carbonyl (C=O) groups excluding carboxylic acids is 1. The number of amides is 1. The van der Waals surface area contributed by atoms with Crippen molar-refractivity contribution in [3.05, 3.63) is 66.1 Å². The van der Waals surface area contributed by atoms with E-state index in [0.717, 1.165) is 5.41 Å². The highest BCUT2D eigenvalue weighted by Crippen LogP contribution is 2.26. The topological polar surface area (TPSA) is 72.9 Å². The second-order valence-corrected chi connectivity index (χ2v) is 8.14. The molecule has 3 rings (SSSR count).